The molecule has 0 fully saturated rings. The summed E-state index contributed by atoms with van der Waals surface area (Å²) < 4.78 is 32.6. The first-order valence-electron chi connectivity index (χ1n) is 8.75. The molecule has 3 N–H and O–H groups in total. The summed E-state index contributed by atoms with van der Waals surface area (Å²) in [6.45, 7) is 0. The summed E-state index contributed by atoms with van der Waals surface area (Å²) in [6, 6.07) is 20.2. The van der Waals surface area contributed by atoms with E-state index in [9.17, 15) is 13.2 Å². The van der Waals surface area contributed by atoms with Crippen molar-refractivity contribution in [1.29, 1.82) is 5.26 Å². The molecule has 152 valence electrons. The summed E-state index contributed by atoms with van der Waals surface area (Å²) in [4.78, 5) is 12.1. The molecule has 0 aliphatic rings. The summed E-state index contributed by atoms with van der Waals surface area (Å²) in [5.74, 6) is 0.618. The third-order valence-electron chi connectivity index (χ3n) is 4.04. The molecule has 0 radical (unpaired) electrons. The highest BCUT2D eigenvalue weighted by atomic mass is 32.2. The molecule has 2 amide bonds. The lowest BCUT2D eigenvalue weighted by Crippen LogP contribution is -2.19. The molecule has 9 heteroatoms. The van der Waals surface area contributed by atoms with E-state index >= 15 is 0 Å². The minimum Gasteiger partial charge on any atom is -0.497 e. The van der Waals surface area contributed by atoms with E-state index in [1.54, 1.807) is 48.5 Å². The van der Waals surface area contributed by atoms with Crippen molar-refractivity contribution < 1.29 is 17.9 Å². The molecule has 0 heterocycles. The predicted octanol–water partition coefficient (Wildman–Crippen LogP) is 4.01. The van der Waals surface area contributed by atoms with Gasteiger partial charge in [-0.2, -0.15) is 5.26 Å². The second-order valence-corrected chi connectivity index (χ2v) is 7.81. The van der Waals surface area contributed by atoms with E-state index in [4.69, 9.17) is 10.00 Å². The molecule has 8 nitrogen and oxygen atoms in total. The molecule has 0 bridgehead atoms. The summed E-state index contributed by atoms with van der Waals surface area (Å²) in [5, 5.41) is 14.0. The zero-order valence-electron chi connectivity index (χ0n) is 15.9. The van der Waals surface area contributed by atoms with Crippen LogP contribution in [-0.2, 0) is 10.0 Å². The Kier molecular flexibility index (Phi) is 6.20. The van der Waals surface area contributed by atoms with Gasteiger partial charge >= 0.3 is 6.03 Å². The molecule has 30 heavy (non-hydrogen) atoms. The van der Waals surface area contributed by atoms with Gasteiger partial charge in [-0.05, 0) is 72.8 Å². The maximum atomic E-state index is 12.5. The first-order valence-corrected chi connectivity index (χ1v) is 10.2. The molecule has 3 aromatic rings. The van der Waals surface area contributed by atoms with Crippen molar-refractivity contribution in [2.45, 2.75) is 4.90 Å². The van der Waals surface area contributed by atoms with E-state index in [1.165, 1.54) is 31.4 Å². The summed E-state index contributed by atoms with van der Waals surface area (Å²) >= 11 is 0. The van der Waals surface area contributed by atoms with Crippen molar-refractivity contribution in [2.75, 3.05) is 22.5 Å². The molecule has 0 saturated heterocycles. The second-order valence-electron chi connectivity index (χ2n) is 6.13. The Morgan fingerprint density at radius 2 is 1.33 bits per heavy atom. The Balaban J connectivity index is 1.62. The monoisotopic (exact) mass is 422 g/mol. The summed E-state index contributed by atoms with van der Waals surface area (Å²) in [7, 11) is -2.25. The third-order valence-corrected chi connectivity index (χ3v) is 5.43. The Labute approximate surface area is 174 Å². The minimum absolute atomic E-state index is 0.0522. The van der Waals surface area contributed by atoms with E-state index in [0.29, 0.717) is 28.4 Å². The van der Waals surface area contributed by atoms with Crippen molar-refractivity contribution in [3.05, 3.63) is 78.4 Å². The van der Waals surface area contributed by atoms with Crippen molar-refractivity contribution in [1.82, 2.24) is 0 Å². The lowest BCUT2D eigenvalue weighted by Gasteiger charge is -2.10. The molecule has 0 unspecified atom stereocenters. The average Bonchev–Trinajstić information content (AvgIpc) is 2.75. The first-order chi connectivity index (χ1) is 14.4. The van der Waals surface area contributed by atoms with Gasteiger partial charge in [0.2, 0.25) is 0 Å². The maximum Gasteiger partial charge on any atom is 0.323 e. The number of ether oxygens (including phenoxy) is 1. The van der Waals surface area contributed by atoms with Crippen molar-refractivity contribution in [2.24, 2.45) is 0 Å². The van der Waals surface area contributed by atoms with Crippen LogP contribution in [0.5, 0.6) is 5.75 Å². The van der Waals surface area contributed by atoms with Gasteiger partial charge in [0.1, 0.15) is 5.75 Å². The average molecular weight is 422 g/mol. The Morgan fingerprint density at radius 1 is 0.833 bits per heavy atom. The van der Waals surface area contributed by atoms with Gasteiger partial charge in [0.05, 0.1) is 23.6 Å². The number of sulfonamides is 1. The van der Waals surface area contributed by atoms with Crippen LogP contribution in [-0.4, -0.2) is 21.6 Å². The standard InChI is InChI=1S/C21H18N4O4S/c1-29-19-10-6-18(7-11-19)25-30(27,28)20-12-8-17(9-13-20)24-21(26)23-16-4-2-15(14-22)3-5-16/h2-13,25H,1H3,(H2,23,24,26). The maximum absolute atomic E-state index is 12.5. The van der Waals surface area contributed by atoms with Gasteiger partial charge in [0.15, 0.2) is 0 Å². The fraction of sp³-hybridized carbons (Fsp3) is 0.0476. The number of nitriles is 1. The number of carbonyl (C=O) groups is 1. The van der Waals surface area contributed by atoms with Crippen molar-refractivity contribution in [3.8, 4) is 11.8 Å². The number of amides is 2. The number of benzene rings is 3. The van der Waals surface area contributed by atoms with Gasteiger partial charge in [-0.3, -0.25) is 4.72 Å². The van der Waals surface area contributed by atoms with Crippen molar-refractivity contribution in [3.63, 3.8) is 0 Å². The fourth-order valence-corrected chi connectivity index (χ4v) is 3.57. The number of urea groups is 1. The molecule has 0 aromatic heterocycles. The molecule has 0 atom stereocenters. The predicted molar refractivity (Wildman–Crippen MR) is 114 cm³/mol. The normalized spacial score (nSPS) is 10.5. The summed E-state index contributed by atoms with van der Waals surface area (Å²) in [5.41, 5.74) is 1.83. The van der Waals surface area contributed by atoms with E-state index in [0.717, 1.165) is 0 Å². The van der Waals surface area contributed by atoms with Crippen LogP contribution in [0.4, 0.5) is 21.9 Å². The van der Waals surface area contributed by atoms with Gasteiger partial charge < -0.3 is 15.4 Å². The molecule has 3 rings (SSSR count). The molecule has 0 aliphatic carbocycles. The zero-order chi connectivity index (χ0) is 21.6. The Hall–Kier alpha value is -4.03. The quantitative estimate of drug-likeness (QED) is 0.554. The van der Waals surface area contributed by atoms with Gasteiger partial charge in [0, 0.05) is 17.1 Å². The highest BCUT2D eigenvalue weighted by Crippen LogP contribution is 2.20. The van der Waals surface area contributed by atoms with Gasteiger partial charge in [-0.25, -0.2) is 13.2 Å². The number of hydrogen-bond acceptors (Lipinski definition) is 5. The van der Waals surface area contributed by atoms with Crippen LogP contribution in [0, 0.1) is 11.3 Å². The van der Waals surface area contributed by atoms with Crippen LogP contribution in [0.25, 0.3) is 0 Å². The zero-order valence-corrected chi connectivity index (χ0v) is 16.7. The van der Waals surface area contributed by atoms with Gasteiger partial charge in [-0.1, -0.05) is 0 Å². The van der Waals surface area contributed by atoms with Crippen LogP contribution in [0.1, 0.15) is 5.56 Å². The molecular formula is C21H18N4O4S. The number of carbonyl (C=O) groups excluding carboxylic acids is 1. The van der Waals surface area contributed by atoms with Crippen LogP contribution in [0.15, 0.2) is 77.7 Å². The second kappa shape index (κ2) is 8.98. The number of methoxy groups -OCH3 is 1. The third kappa shape index (κ3) is 5.27. The van der Waals surface area contributed by atoms with Crippen LogP contribution < -0.4 is 20.1 Å². The number of anilines is 3. The Bertz CT molecular complexity index is 1170. The minimum atomic E-state index is -3.78. The largest absolute Gasteiger partial charge is 0.497 e. The lowest BCUT2D eigenvalue weighted by atomic mass is 10.2. The number of rotatable bonds is 6. The smallest absolute Gasteiger partial charge is 0.323 e. The fourth-order valence-electron chi connectivity index (χ4n) is 2.51. The first kappa shape index (κ1) is 20.7. The topological polar surface area (TPSA) is 120 Å². The van der Waals surface area contributed by atoms with Crippen LogP contribution in [0.2, 0.25) is 0 Å². The van der Waals surface area contributed by atoms with Crippen LogP contribution >= 0.6 is 0 Å². The number of hydrogen-bond donors (Lipinski definition) is 3. The molecule has 3 aromatic carbocycles. The molecule has 0 spiro atoms. The molecule has 0 aliphatic heterocycles. The molecule has 0 saturated carbocycles. The number of nitrogens with zero attached hydrogens (tertiary/aromatic N) is 1. The molecular weight excluding hydrogens is 404 g/mol. The van der Waals surface area contributed by atoms with E-state index in [1.807, 2.05) is 6.07 Å². The lowest BCUT2D eigenvalue weighted by molar-refractivity contribution is 0.262. The van der Waals surface area contributed by atoms with Crippen LogP contribution in [0.3, 0.4) is 0 Å². The Morgan fingerprint density at radius 3 is 1.83 bits per heavy atom. The van der Waals surface area contributed by atoms with Crippen molar-refractivity contribution >= 4 is 33.1 Å². The SMILES string of the molecule is COc1ccc(NS(=O)(=O)c2ccc(NC(=O)Nc3ccc(C#N)cc3)cc2)cc1. The van der Waals surface area contributed by atoms with E-state index < -0.39 is 16.1 Å². The highest BCUT2D eigenvalue weighted by molar-refractivity contribution is 7.92. The summed E-state index contributed by atoms with van der Waals surface area (Å²) in [6.07, 6.45) is 0. The highest BCUT2D eigenvalue weighted by Gasteiger charge is 2.14. The van der Waals surface area contributed by atoms with Gasteiger partial charge in [0.25, 0.3) is 10.0 Å². The van der Waals surface area contributed by atoms with Gasteiger partial charge in [-0.15, -0.1) is 0 Å². The number of nitrogens with one attached hydrogen (secondary N) is 3. The van der Waals surface area contributed by atoms with E-state index in [2.05, 4.69) is 15.4 Å². The van der Waals surface area contributed by atoms with E-state index in [-0.39, 0.29) is 4.90 Å².